The summed E-state index contributed by atoms with van der Waals surface area (Å²) in [6.07, 6.45) is 36.9. The van der Waals surface area contributed by atoms with Crippen molar-refractivity contribution in [1.29, 1.82) is 0 Å². The SMILES string of the molecule is CCCCCCCCCCC/C=C\CCCCCC(O)CC(=O)NC(COP(=O)(O)OCCN)C(O)/C=C/CCCCCCCCCCCC. The Morgan fingerprint density at radius 1 is 0.680 bits per heavy atom. The van der Waals surface area contributed by atoms with Crippen molar-refractivity contribution in [3.8, 4) is 0 Å². The van der Waals surface area contributed by atoms with E-state index in [1.807, 2.05) is 6.08 Å². The van der Waals surface area contributed by atoms with Crippen molar-refractivity contribution >= 4 is 13.7 Å². The second-order valence-electron chi connectivity index (χ2n) is 14.0. The van der Waals surface area contributed by atoms with E-state index in [1.54, 1.807) is 6.08 Å². The molecule has 0 saturated carbocycles. The fourth-order valence-electron chi connectivity index (χ4n) is 5.93. The maximum absolute atomic E-state index is 12.8. The minimum Gasteiger partial charge on any atom is -0.393 e. The van der Waals surface area contributed by atoms with Gasteiger partial charge in [-0.2, -0.15) is 0 Å². The van der Waals surface area contributed by atoms with E-state index in [0.29, 0.717) is 6.42 Å². The molecule has 0 aliphatic carbocycles. The Labute approximate surface area is 307 Å². The first-order valence-electron chi connectivity index (χ1n) is 20.5. The van der Waals surface area contributed by atoms with Gasteiger partial charge in [-0.15, -0.1) is 0 Å². The summed E-state index contributed by atoms with van der Waals surface area (Å²) in [5, 5.41) is 24.0. The number of hydrogen-bond acceptors (Lipinski definition) is 7. The smallest absolute Gasteiger partial charge is 0.393 e. The number of phosphoric ester groups is 1. The molecule has 10 heteroatoms. The van der Waals surface area contributed by atoms with Gasteiger partial charge in [0.1, 0.15) is 0 Å². The summed E-state index contributed by atoms with van der Waals surface area (Å²) in [4.78, 5) is 22.7. The minimum absolute atomic E-state index is 0.0480. The molecular formula is C40H79N2O7P. The number of phosphoric acid groups is 1. The molecule has 0 radical (unpaired) electrons. The molecule has 1 amide bonds. The molecule has 50 heavy (non-hydrogen) atoms. The van der Waals surface area contributed by atoms with E-state index in [1.165, 1.54) is 109 Å². The van der Waals surface area contributed by atoms with Crippen LogP contribution in [0.15, 0.2) is 24.3 Å². The van der Waals surface area contributed by atoms with Gasteiger partial charge in [-0.25, -0.2) is 4.57 Å². The summed E-state index contributed by atoms with van der Waals surface area (Å²) >= 11 is 0. The predicted molar refractivity (Wildman–Crippen MR) is 209 cm³/mol. The van der Waals surface area contributed by atoms with Gasteiger partial charge in [-0.3, -0.25) is 13.8 Å². The monoisotopic (exact) mass is 731 g/mol. The maximum Gasteiger partial charge on any atom is 0.472 e. The van der Waals surface area contributed by atoms with E-state index in [2.05, 4.69) is 31.3 Å². The number of hydrogen-bond donors (Lipinski definition) is 5. The van der Waals surface area contributed by atoms with E-state index < -0.39 is 38.6 Å². The van der Waals surface area contributed by atoms with E-state index >= 15 is 0 Å². The molecule has 0 saturated heterocycles. The first kappa shape index (κ1) is 48.9. The summed E-state index contributed by atoms with van der Waals surface area (Å²) in [5.41, 5.74) is 5.35. The molecule has 6 N–H and O–H groups in total. The van der Waals surface area contributed by atoms with Crippen molar-refractivity contribution < 1.29 is 33.5 Å². The highest BCUT2D eigenvalue weighted by Crippen LogP contribution is 2.43. The Balaban J connectivity index is 4.37. The van der Waals surface area contributed by atoms with Gasteiger partial charge < -0.3 is 26.2 Å². The van der Waals surface area contributed by atoms with Crippen molar-refractivity contribution in [1.82, 2.24) is 5.32 Å². The van der Waals surface area contributed by atoms with Crippen molar-refractivity contribution in [3.05, 3.63) is 24.3 Å². The van der Waals surface area contributed by atoms with Gasteiger partial charge in [0.05, 0.1) is 37.9 Å². The van der Waals surface area contributed by atoms with Crippen LogP contribution in [0.3, 0.4) is 0 Å². The first-order valence-corrected chi connectivity index (χ1v) is 22.0. The lowest BCUT2D eigenvalue weighted by Crippen LogP contribution is -2.46. The zero-order valence-corrected chi connectivity index (χ0v) is 33.1. The van der Waals surface area contributed by atoms with Crippen molar-refractivity contribution in [2.45, 2.75) is 205 Å². The lowest BCUT2D eigenvalue weighted by atomic mass is 10.0. The largest absolute Gasteiger partial charge is 0.472 e. The molecule has 0 spiro atoms. The van der Waals surface area contributed by atoms with Gasteiger partial charge in [-0.05, 0) is 44.9 Å². The Kier molecular flexibility index (Phi) is 35.5. The van der Waals surface area contributed by atoms with Gasteiger partial charge >= 0.3 is 7.82 Å². The lowest BCUT2D eigenvalue weighted by Gasteiger charge is -2.24. The molecule has 0 aromatic carbocycles. The Morgan fingerprint density at radius 2 is 1.12 bits per heavy atom. The molecule has 0 aromatic rings. The van der Waals surface area contributed by atoms with E-state index in [0.717, 1.165) is 51.4 Å². The molecule has 9 nitrogen and oxygen atoms in total. The number of aliphatic hydroxyl groups is 2. The number of allylic oxidation sites excluding steroid dienone is 3. The molecule has 0 heterocycles. The average Bonchev–Trinajstić information content (AvgIpc) is 3.09. The van der Waals surface area contributed by atoms with Gasteiger partial charge in [0.15, 0.2) is 0 Å². The van der Waals surface area contributed by atoms with Gasteiger partial charge in [-0.1, -0.05) is 160 Å². The number of nitrogens with two attached hydrogens (primary N) is 1. The summed E-state index contributed by atoms with van der Waals surface area (Å²) in [5.74, 6) is -0.455. The zero-order valence-electron chi connectivity index (χ0n) is 32.3. The van der Waals surface area contributed by atoms with Crippen molar-refractivity contribution in [3.63, 3.8) is 0 Å². The Bertz CT molecular complexity index is 858. The third kappa shape index (κ3) is 34.0. The summed E-state index contributed by atoms with van der Waals surface area (Å²) < 4.78 is 22.0. The summed E-state index contributed by atoms with van der Waals surface area (Å²) in [6, 6.07) is -0.983. The fourth-order valence-corrected chi connectivity index (χ4v) is 6.69. The first-order chi connectivity index (χ1) is 24.3. The van der Waals surface area contributed by atoms with Gasteiger partial charge in [0.25, 0.3) is 0 Å². The van der Waals surface area contributed by atoms with Gasteiger partial charge in [0, 0.05) is 6.54 Å². The van der Waals surface area contributed by atoms with Gasteiger partial charge in [0.2, 0.25) is 5.91 Å². The van der Waals surface area contributed by atoms with Crippen molar-refractivity contribution in [2.75, 3.05) is 19.8 Å². The van der Waals surface area contributed by atoms with Crippen LogP contribution in [0.1, 0.15) is 187 Å². The van der Waals surface area contributed by atoms with E-state index in [-0.39, 0.29) is 19.6 Å². The Morgan fingerprint density at radius 3 is 1.60 bits per heavy atom. The minimum atomic E-state index is -4.39. The Hall–Kier alpha value is -1.06. The molecule has 0 bridgehead atoms. The van der Waals surface area contributed by atoms with Crippen LogP contribution in [0.4, 0.5) is 0 Å². The molecule has 0 aliphatic rings. The standard InChI is InChI=1S/C40H79N2O7P/c1-3-5-7-9-11-13-15-17-18-19-20-21-23-25-27-29-31-37(43)35-40(45)42-38(36-49-50(46,47)48-34-33-41)39(44)32-30-28-26-24-22-16-14-12-10-8-6-4-2/h20-21,30,32,37-39,43-44H,3-19,22-29,31,33-36,41H2,1-2H3,(H,42,45)(H,46,47)/b21-20-,32-30+. The van der Waals surface area contributed by atoms with Crippen LogP contribution < -0.4 is 11.1 Å². The molecular weight excluding hydrogens is 651 g/mol. The zero-order chi connectivity index (χ0) is 37.0. The second-order valence-corrected chi connectivity index (χ2v) is 15.5. The van der Waals surface area contributed by atoms with E-state index in [9.17, 15) is 24.5 Å². The number of amides is 1. The number of rotatable bonds is 38. The van der Waals surface area contributed by atoms with E-state index in [4.69, 9.17) is 14.8 Å². The number of nitrogens with one attached hydrogen (secondary N) is 1. The quantitative estimate of drug-likeness (QED) is 0.0239. The lowest BCUT2D eigenvalue weighted by molar-refractivity contribution is -0.124. The number of carbonyl (C=O) groups is 1. The highest BCUT2D eigenvalue weighted by Gasteiger charge is 2.27. The molecule has 4 atom stereocenters. The van der Waals surface area contributed by atoms with Crippen LogP contribution in [0, 0.1) is 0 Å². The number of aliphatic hydroxyl groups excluding tert-OH is 2. The molecule has 296 valence electrons. The summed E-state index contributed by atoms with van der Waals surface area (Å²) in [6.45, 7) is 3.95. The predicted octanol–water partition coefficient (Wildman–Crippen LogP) is 9.97. The molecule has 0 rings (SSSR count). The van der Waals surface area contributed by atoms with Crippen molar-refractivity contribution in [2.24, 2.45) is 5.73 Å². The number of carbonyl (C=O) groups excluding carboxylic acids is 1. The third-order valence-corrected chi connectivity index (χ3v) is 10.1. The van der Waals surface area contributed by atoms with Crippen LogP contribution in [-0.4, -0.2) is 59.0 Å². The van der Waals surface area contributed by atoms with Crippen LogP contribution in [-0.2, 0) is 18.4 Å². The van der Waals surface area contributed by atoms with Crippen LogP contribution >= 0.6 is 7.82 Å². The molecule has 0 aromatic heterocycles. The van der Waals surface area contributed by atoms with Crippen LogP contribution in [0.25, 0.3) is 0 Å². The number of unbranched alkanes of at least 4 members (excludes halogenated alkanes) is 22. The molecule has 4 unspecified atom stereocenters. The van der Waals surface area contributed by atoms with Crippen LogP contribution in [0.2, 0.25) is 0 Å². The molecule has 0 aliphatic heterocycles. The normalized spacial score (nSPS) is 15.1. The highest BCUT2D eigenvalue weighted by atomic mass is 31.2. The average molecular weight is 731 g/mol. The topological polar surface area (TPSA) is 151 Å². The maximum atomic E-state index is 12.8. The third-order valence-electron chi connectivity index (χ3n) is 9.08. The fraction of sp³-hybridized carbons (Fsp3) is 0.875. The molecule has 0 fully saturated rings. The summed E-state index contributed by atoms with van der Waals surface area (Å²) in [7, 11) is -4.39. The second kappa shape index (κ2) is 36.3. The van der Waals surface area contributed by atoms with Crippen LogP contribution in [0.5, 0.6) is 0 Å². The highest BCUT2D eigenvalue weighted by molar-refractivity contribution is 7.47.